The molecule has 1 saturated heterocycles. The molecule has 4 rings (SSSR count). The number of hydrogen-bond donors (Lipinski definition) is 0. The van der Waals surface area contributed by atoms with E-state index in [1.165, 1.54) is 5.56 Å². The van der Waals surface area contributed by atoms with Gasteiger partial charge in [0, 0.05) is 38.5 Å². The van der Waals surface area contributed by atoms with Gasteiger partial charge in [-0.1, -0.05) is 42.1 Å². The lowest BCUT2D eigenvalue weighted by atomic mass is 10.0. The molecule has 2 aliphatic rings. The Morgan fingerprint density at radius 2 is 1.79 bits per heavy atom. The molecule has 0 saturated carbocycles. The van der Waals surface area contributed by atoms with Crippen molar-refractivity contribution >= 4 is 22.6 Å². The number of thioether (sulfide) groups is 1. The first-order chi connectivity index (χ1) is 14.2. The van der Waals surface area contributed by atoms with Crippen molar-refractivity contribution in [1.29, 1.82) is 0 Å². The maximum absolute atomic E-state index is 5.93. The predicted molar refractivity (Wildman–Crippen MR) is 121 cm³/mol. The van der Waals surface area contributed by atoms with Crippen molar-refractivity contribution in [3.63, 3.8) is 0 Å². The average Bonchev–Trinajstić information content (AvgIpc) is 2.79. The summed E-state index contributed by atoms with van der Waals surface area (Å²) in [6.45, 7) is 3.81. The largest absolute Gasteiger partial charge is 0.493 e. The molecule has 0 aromatic heterocycles. The molecule has 1 fully saturated rings. The van der Waals surface area contributed by atoms with E-state index in [0.29, 0.717) is 12.6 Å². The van der Waals surface area contributed by atoms with E-state index in [1.807, 2.05) is 36.0 Å². The number of nitrogens with zero attached hydrogens (tertiary/aromatic N) is 3. The van der Waals surface area contributed by atoms with Crippen molar-refractivity contribution in [2.24, 2.45) is 4.99 Å². The molecule has 29 heavy (non-hydrogen) atoms. The maximum atomic E-state index is 5.93. The zero-order valence-corrected chi connectivity index (χ0v) is 18.0. The summed E-state index contributed by atoms with van der Waals surface area (Å²) in [5.41, 5.74) is 2.46. The average molecular weight is 412 g/mol. The number of para-hydroxylation sites is 3. The van der Waals surface area contributed by atoms with Gasteiger partial charge in [-0.05, 0) is 36.6 Å². The fourth-order valence-electron chi connectivity index (χ4n) is 3.91. The van der Waals surface area contributed by atoms with E-state index in [4.69, 9.17) is 14.5 Å². The molecule has 0 bridgehead atoms. The standard InChI is InChI=1S/C23H29N3O2S/c1-25(23-24-20-8-4-3-7-18(20)17-29-23)19-11-13-26(14-12-19)15-16-28-22-10-6-5-9-21(22)27-2/h3-10,19H,11-17H2,1-2H3. The van der Waals surface area contributed by atoms with Crippen molar-refractivity contribution < 1.29 is 9.47 Å². The van der Waals surface area contributed by atoms with Crippen LogP contribution in [0.1, 0.15) is 18.4 Å². The van der Waals surface area contributed by atoms with Gasteiger partial charge in [0.1, 0.15) is 6.61 Å². The van der Waals surface area contributed by atoms with Gasteiger partial charge in [-0.3, -0.25) is 4.90 Å². The first kappa shape index (κ1) is 20.1. The second-order valence-electron chi connectivity index (χ2n) is 7.49. The highest BCUT2D eigenvalue weighted by Crippen LogP contribution is 2.33. The Morgan fingerprint density at radius 1 is 1.07 bits per heavy atom. The fraction of sp³-hybridized carbons (Fsp3) is 0.435. The normalized spacial score (nSPS) is 17.4. The summed E-state index contributed by atoms with van der Waals surface area (Å²) in [4.78, 5) is 9.78. The summed E-state index contributed by atoms with van der Waals surface area (Å²) < 4.78 is 11.3. The van der Waals surface area contributed by atoms with Crippen LogP contribution in [-0.4, -0.2) is 61.4 Å². The Morgan fingerprint density at radius 3 is 2.59 bits per heavy atom. The van der Waals surface area contributed by atoms with E-state index in [-0.39, 0.29) is 0 Å². The van der Waals surface area contributed by atoms with Crippen molar-refractivity contribution in [2.75, 3.05) is 40.4 Å². The number of amidine groups is 1. The third-order valence-corrected chi connectivity index (χ3v) is 6.80. The topological polar surface area (TPSA) is 37.3 Å². The number of benzene rings is 2. The van der Waals surface area contributed by atoms with Gasteiger partial charge in [0.15, 0.2) is 16.7 Å². The number of methoxy groups -OCH3 is 1. The second kappa shape index (κ2) is 9.55. The van der Waals surface area contributed by atoms with E-state index in [2.05, 4.69) is 41.1 Å². The Balaban J connectivity index is 1.25. The van der Waals surface area contributed by atoms with Crippen LogP contribution in [-0.2, 0) is 5.75 Å². The van der Waals surface area contributed by atoms with Crippen molar-refractivity contribution in [3.8, 4) is 11.5 Å². The van der Waals surface area contributed by atoms with Crippen LogP contribution in [0.4, 0.5) is 5.69 Å². The van der Waals surface area contributed by atoms with Crippen LogP contribution >= 0.6 is 11.8 Å². The van der Waals surface area contributed by atoms with Gasteiger partial charge in [-0.15, -0.1) is 0 Å². The molecule has 0 atom stereocenters. The van der Waals surface area contributed by atoms with Gasteiger partial charge in [-0.25, -0.2) is 4.99 Å². The molecule has 0 spiro atoms. The number of piperidine rings is 1. The minimum absolute atomic E-state index is 0.554. The summed E-state index contributed by atoms with van der Waals surface area (Å²) in [6.07, 6.45) is 2.32. The third kappa shape index (κ3) is 4.87. The van der Waals surface area contributed by atoms with E-state index in [1.54, 1.807) is 7.11 Å². The Bertz CT molecular complexity index is 850. The first-order valence-electron chi connectivity index (χ1n) is 10.2. The van der Waals surface area contributed by atoms with Gasteiger partial charge < -0.3 is 14.4 Å². The molecule has 2 aromatic rings. The van der Waals surface area contributed by atoms with Crippen LogP contribution in [0.3, 0.4) is 0 Å². The molecule has 0 N–H and O–H groups in total. The summed E-state index contributed by atoms with van der Waals surface area (Å²) in [5.74, 6) is 2.62. The Hall–Kier alpha value is -2.18. The number of aliphatic imine (C=N–C) groups is 1. The third-order valence-electron chi connectivity index (χ3n) is 5.71. The maximum Gasteiger partial charge on any atom is 0.164 e. The zero-order chi connectivity index (χ0) is 20.1. The molecule has 2 aliphatic heterocycles. The number of rotatable bonds is 6. The highest BCUT2D eigenvalue weighted by atomic mass is 32.2. The molecule has 154 valence electrons. The second-order valence-corrected chi connectivity index (χ2v) is 8.44. The lowest BCUT2D eigenvalue weighted by Gasteiger charge is -2.38. The SMILES string of the molecule is COc1ccccc1OCCN1CCC(N(C)C2=Nc3ccccc3CS2)CC1. The van der Waals surface area contributed by atoms with Crippen LogP contribution < -0.4 is 9.47 Å². The molecule has 2 heterocycles. The predicted octanol–water partition coefficient (Wildman–Crippen LogP) is 4.40. The molecule has 0 amide bonds. The van der Waals surface area contributed by atoms with E-state index < -0.39 is 0 Å². The van der Waals surface area contributed by atoms with Crippen LogP contribution in [0, 0.1) is 0 Å². The fourth-order valence-corrected chi connectivity index (χ4v) is 4.95. The van der Waals surface area contributed by atoms with Crippen LogP contribution in [0.2, 0.25) is 0 Å². The van der Waals surface area contributed by atoms with Crippen molar-refractivity contribution in [3.05, 3.63) is 54.1 Å². The number of likely N-dealkylation sites (tertiary alicyclic amines) is 1. The molecule has 0 radical (unpaired) electrons. The van der Waals surface area contributed by atoms with Gasteiger partial charge in [0.2, 0.25) is 0 Å². The summed E-state index contributed by atoms with van der Waals surface area (Å²) in [7, 11) is 3.88. The van der Waals surface area contributed by atoms with Gasteiger partial charge in [0.25, 0.3) is 0 Å². The lowest BCUT2D eigenvalue weighted by molar-refractivity contribution is 0.143. The molecule has 0 aliphatic carbocycles. The number of ether oxygens (including phenoxy) is 2. The van der Waals surface area contributed by atoms with Gasteiger partial charge >= 0.3 is 0 Å². The van der Waals surface area contributed by atoms with E-state index in [0.717, 1.165) is 60.6 Å². The van der Waals surface area contributed by atoms with Gasteiger partial charge in [-0.2, -0.15) is 0 Å². The Kier molecular flexibility index (Phi) is 6.62. The minimum atomic E-state index is 0.554. The highest BCUT2D eigenvalue weighted by molar-refractivity contribution is 8.13. The lowest BCUT2D eigenvalue weighted by Crippen LogP contribution is -2.46. The summed E-state index contributed by atoms with van der Waals surface area (Å²) >= 11 is 1.85. The molecule has 0 unspecified atom stereocenters. The smallest absolute Gasteiger partial charge is 0.164 e. The zero-order valence-electron chi connectivity index (χ0n) is 17.2. The van der Waals surface area contributed by atoms with Crippen molar-refractivity contribution in [2.45, 2.75) is 24.6 Å². The van der Waals surface area contributed by atoms with E-state index in [9.17, 15) is 0 Å². The minimum Gasteiger partial charge on any atom is -0.493 e. The molecule has 2 aromatic carbocycles. The first-order valence-corrected chi connectivity index (χ1v) is 11.2. The molecular formula is C23H29N3O2S. The monoisotopic (exact) mass is 411 g/mol. The Labute approximate surface area is 177 Å². The highest BCUT2D eigenvalue weighted by Gasteiger charge is 2.26. The van der Waals surface area contributed by atoms with Crippen LogP contribution in [0.15, 0.2) is 53.5 Å². The summed E-state index contributed by atoms with van der Waals surface area (Å²) in [6, 6.07) is 16.8. The van der Waals surface area contributed by atoms with Crippen molar-refractivity contribution in [1.82, 2.24) is 9.80 Å². The summed E-state index contributed by atoms with van der Waals surface area (Å²) in [5, 5.41) is 1.15. The van der Waals surface area contributed by atoms with Crippen LogP contribution in [0.5, 0.6) is 11.5 Å². The van der Waals surface area contributed by atoms with Crippen LogP contribution in [0.25, 0.3) is 0 Å². The molecular weight excluding hydrogens is 382 g/mol. The number of fused-ring (bicyclic) bond motifs is 1. The molecule has 6 heteroatoms. The quantitative estimate of drug-likeness (QED) is 0.704. The molecule has 5 nitrogen and oxygen atoms in total. The van der Waals surface area contributed by atoms with E-state index >= 15 is 0 Å². The van der Waals surface area contributed by atoms with Gasteiger partial charge in [0.05, 0.1) is 12.8 Å². The number of hydrogen-bond acceptors (Lipinski definition) is 6.